The van der Waals surface area contributed by atoms with Crippen LogP contribution in [0.1, 0.15) is 63.8 Å². The lowest BCUT2D eigenvalue weighted by molar-refractivity contribution is 0.0999. The van der Waals surface area contributed by atoms with Gasteiger partial charge in [0.25, 0.3) is 0 Å². The minimum atomic E-state index is -0.384. The van der Waals surface area contributed by atoms with E-state index in [9.17, 15) is 9.90 Å². The number of carbonyl (C=O) groups excluding carboxylic acids is 1. The van der Waals surface area contributed by atoms with Crippen molar-refractivity contribution in [1.82, 2.24) is 14.9 Å². The topological polar surface area (TPSA) is 95.2 Å². The van der Waals surface area contributed by atoms with Gasteiger partial charge in [-0.25, -0.2) is 4.98 Å². The highest BCUT2D eigenvalue weighted by molar-refractivity contribution is 5.95. The van der Waals surface area contributed by atoms with Crippen molar-refractivity contribution in [3.8, 4) is 17.1 Å². The molecule has 6 nitrogen and oxygen atoms in total. The van der Waals surface area contributed by atoms with Gasteiger partial charge in [-0.1, -0.05) is 56.3 Å². The van der Waals surface area contributed by atoms with Crippen molar-refractivity contribution < 1.29 is 9.90 Å². The van der Waals surface area contributed by atoms with Gasteiger partial charge in [-0.15, -0.1) is 0 Å². The first-order valence-electron chi connectivity index (χ1n) is 12.6. The molecule has 0 bridgehead atoms. The van der Waals surface area contributed by atoms with Gasteiger partial charge in [0.2, 0.25) is 5.91 Å². The highest BCUT2D eigenvalue weighted by atomic mass is 16.3. The van der Waals surface area contributed by atoms with Gasteiger partial charge in [0.1, 0.15) is 11.6 Å². The predicted octanol–water partition coefficient (Wildman–Crippen LogP) is 5.15. The number of amides is 1. The lowest BCUT2D eigenvalue weighted by Gasteiger charge is -2.39. The molecule has 36 heavy (non-hydrogen) atoms. The number of fused-ring (bicyclic) bond motifs is 1. The van der Waals surface area contributed by atoms with Crippen LogP contribution in [0.4, 0.5) is 0 Å². The number of phenolic OH excluding ortho intramolecular Hbond substituents is 1. The standard InChI is InChI=1S/C30H32N4O2/c1-3-23-24(4-2)27(29(31)36)13-12-26(23)28-25-11-10-22(35)16-20(25)14-15-34(28)18-21-17-32-30(33-21)19-8-6-5-7-9-19/h5-13,16-17,28,35H,3-4,14-15,18H2,1-2H3,(H2,31,36)(H,32,33)/t28-/m0/s1. The van der Waals surface area contributed by atoms with Gasteiger partial charge >= 0.3 is 0 Å². The van der Waals surface area contributed by atoms with E-state index in [1.165, 1.54) is 16.7 Å². The first kappa shape index (κ1) is 23.8. The van der Waals surface area contributed by atoms with Crippen LogP contribution in [-0.4, -0.2) is 32.4 Å². The smallest absolute Gasteiger partial charge is 0.248 e. The van der Waals surface area contributed by atoms with Crippen molar-refractivity contribution in [3.63, 3.8) is 0 Å². The molecule has 1 aliphatic heterocycles. The molecule has 3 aromatic carbocycles. The number of nitrogens with two attached hydrogens (primary N) is 1. The van der Waals surface area contributed by atoms with Gasteiger partial charge in [0.05, 0.1) is 6.04 Å². The summed E-state index contributed by atoms with van der Waals surface area (Å²) in [6.45, 7) is 5.75. The van der Waals surface area contributed by atoms with E-state index in [4.69, 9.17) is 5.73 Å². The number of imidazole rings is 1. The summed E-state index contributed by atoms with van der Waals surface area (Å²) in [6, 6.07) is 19.8. The fourth-order valence-corrected chi connectivity index (χ4v) is 5.62. The number of hydrogen-bond acceptors (Lipinski definition) is 4. The Morgan fingerprint density at radius 2 is 1.81 bits per heavy atom. The Labute approximate surface area is 211 Å². The summed E-state index contributed by atoms with van der Waals surface area (Å²) in [6.07, 6.45) is 4.31. The number of phenols is 1. The minimum absolute atomic E-state index is 0.0139. The maximum Gasteiger partial charge on any atom is 0.248 e. The van der Waals surface area contributed by atoms with E-state index in [-0.39, 0.29) is 17.7 Å². The molecule has 4 N–H and O–H groups in total. The second-order valence-corrected chi connectivity index (χ2v) is 9.36. The molecule has 1 amide bonds. The molecule has 0 fully saturated rings. The number of aromatic amines is 1. The molecule has 1 aliphatic rings. The van der Waals surface area contributed by atoms with Crippen molar-refractivity contribution in [2.24, 2.45) is 5.73 Å². The summed E-state index contributed by atoms with van der Waals surface area (Å²) in [5.41, 5.74) is 14.2. The second kappa shape index (κ2) is 9.99. The van der Waals surface area contributed by atoms with E-state index in [1.54, 1.807) is 6.07 Å². The van der Waals surface area contributed by atoms with Crippen molar-refractivity contribution in [1.29, 1.82) is 0 Å². The molecule has 0 saturated carbocycles. The maximum atomic E-state index is 12.2. The Bertz CT molecular complexity index is 1390. The monoisotopic (exact) mass is 480 g/mol. The number of H-pyrrole nitrogens is 1. The molecule has 1 atom stereocenters. The minimum Gasteiger partial charge on any atom is -0.508 e. The van der Waals surface area contributed by atoms with E-state index in [0.29, 0.717) is 12.1 Å². The third-order valence-electron chi connectivity index (χ3n) is 7.24. The molecule has 0 aliphatic carbocycles. The van der Waals surface area contributed by atoms with Gasteiger partial charge < -0.3 is 15.8 Å². The van der Waals surface area contributed by atoms with E-state index in [2.05, 4.69) is 46.9 Å². The number of benzene rings is 3. The predicted molar refractivity (Wildman–Crippen MR) is 142 cm³/mol. The molecule has 0 spiro atoms. The zero-order valence-electron chi connectivity index (χ0n) is 20.8. The van der Waals surface area contributed by atoms with Crippen molar-refractivity contribution in [2.75, 3.05) is 6.54 Å². The average molecular weight is 481 g/mol. The third kappa shape index (κ3) is 4.40. The van der Waals surface area contributed by atoms with Gasteiger partial charge in [0, 0.05) is 36.1 Å². The van der Waals surface area contributed by atoms with E-state index >= 15 is 0 Å². The fourth-order valence-electron chi connectivity index (χ4n) is 5.62. The molecular weight excluding hydrogens is 448 g/mol. The van der Waals surface area contributed by atoms with Crippen LogP contribution in [0.2, 0.25) is 0 Å². The van der Waals surface area contributed by atoms with E-state index in [1.807, 2.05) is 42.6 Å². The molecule has 5 rings (SSSR count). The van der Waals surface area contributed by atoms with Crippen molar-refractivity contribution in [2.45, 2.75) is 45.7 Å². The van der Waals surface area contributed by atoms with Gasteiger partial charge in [-0.2, -0.15) is 0 Å². The largest absolute Gasteiger partial charge is 0.508 e. The summed E-state index contributed by atoms with van der Waals surface area (Å²) in [4.78, 5) is 22.8. The SMILES string of the molecule is CCc1c(C(N)=O)ccc([C@@H]2c3ccc(O)cc3CCN2Cc2cnc(-c3ccccc3)[nH]2)c1CC. The summed E-state index contributed by atoms with van der Waals surface area (Å²) in [7, 11) is 0. The molecule has 0 radical (unpaired) electrons. The number of aromatic hydroxyl groups is 1. The van der Waals surface area contributed by atoms with Gasteiger partial charge in [-0.3, -0.25) is 9.69 Å². The summed E-state index contributed by atoms with van der Waals surface area (Å²) >= 11 is 0. The molecule has 0 saturated heterocycles. The Hall–Kier alpha value is -3.90. The first-order valence-corrected chi connectivity index (χ1v) is 12.6. The number of hydrogen-bond donors (Lipinski definition) is 3. The molecule has 6 heteroatoms. The molecular formula is C30H32N4O2. The van der Waals surface area contributed by atoms with Crippen LogP contribution in [0.15, 0.2) is 66.9 Å². The summed E-state index contributed by atoms with van der Waals surface area (Å²) in [5.74, 6) is 0.763. The summed E-state index contributed by atoms with van der Waals surface area (Å²) in [5, 5.41) is 10.2. The van der Waals surface area contributed by atoms with Crippen LogP contribution in [0.5, 0.6) is 5.75 Å². The zero-order chi connectivity index (χ0) is 25.2. The van der Waals surface area contributed by atoms with Gasteiger partial charge in [-0.05, 0) is 65.3 Å². The molecule has 2 heterocycles. The first-order chi connectivity index (χ1) is 17.5. The zero-order valence-corrected chi connectivity index (χ0v) is 20.8. The van der Waals surface area contributed by atoms with Crippen LogP contribution in [0.25, 0.3) is 11.4 Å². The van der Waals surface area contributed by atoms with E-state index < -0.39 is 0 Å². The Morgan fingerprint density at radius 3 is 2.53 bits per heavy atom. The normalized spacial score (nSPS) is 15.6. The van der Waals surface area contributed by atoms with E-state index in [0.717, 1.165) is 54.0 Å². The van der Waals surface area contributed by atoms with Crippen LogP contribution in [0, 0.1) is 0 Å². The van der Waals surface area contributed by atoms with Crippen LogP contribution in [0.3, 0.4) is 0 Å². The fraction of sp³-hybridized carbons (Fsp3) is 0.267. The summed E-state index contributed by atoms with van der Waals surface area (Å²) < 4.78 is 0. The lowest BCUT2D eigenvalue weighted by atomic mass is 9.82. The molecule has 0 unspecified atom stereocenters. The average Bonchev–Trinajstić information content (AvgIpc) is 3.36. The number of carbonyl (C=O) groups is 1. The highest BCUT2D eigenvalue weighted by Crippen LogP contribution is 2.40. The highest BCUT2D eigenvalue weighted by Gasteiger charge is 2.32. The molecule has 4 aromatic rings. The Balaban J connectivity index is 1.58. The second-order valence-electron chi connectivity index (χ2n) is 9.36. The van der Waals surface area contributed by atoms with Crippen LogP contribution in [-0.2, 0) is 25.8 Å². The van der Waals surface area contributed by atoms with Crippen LogP contribution < -0.4 is 5.73 Å². The number of rotatable bonds is 7. The molecule has 1 aromatic heterocycles. The van der Waals surface area contributed by atoms with Crippen LogP contribution >= 0.6 is 0 Å². The van der Waals surface area contributed by atoms with Crippen molar-refractivity contribution in [3.05, 3.63) is 106 Å². The Kier molecular flexibility index (Phi) is 6.61. The third-order valence-corrected chi connectivity index (χ3v) is 7.24. The Morgan fingerprint density at radius 1 is 1.06 bits per heavy atom. The quantitative estimate of drug-likeness (QED) is 0.341. The number of primary amides is 1. The lowest BCUT2D eigenvalue weighted by Crippen LogP contribution is -2.36. The maximum absolute atomic E-state index is 12.2. The van der Waals surface area contributed by atoms with Gasteiger partial charge in [0.15, 0.2) is 0 Å². The number of aromatic nitrogens is 2. The number of nitrogens with one attached hydrogen (secondary N) is 1. The molecule has 184 valence electrons. The van der Waals surface area contributed by atoms with Crippen molar-refractivity contribution >= 4 is 5.91 Å². The number of nitrogens with zero attached hydrogens (tertiary/aromatic N) is 2.